The average molecular weight is 503 g/mol. The van der Waals surface area contributed by atoms with Gasteiger partial charge in [-0.15, -0.1) is 0 Å². The van der Waals surface area contributed by atoms with E-state index in [1.54, 1.807) is 49.4 Å². The Bertz CT molecular complexity index is 1730. The highest BCUT2D eigenvalue weighted by molar-refractivity contribution is 6.36. The van der Waals surface area contributed by atoms with E-state index in [-0.39, 0.29) is 69.0 Å². The van der Waals surface area contributed by atoms with Crippen LogP contribution in [-0.2, 0) is 11.3 Å². The predicted octanol–water partition coefficient (Wildman–Crippen LogP) is 7.37. The van der Waals surface area contributed by atoms with Crippen LogP contribution in [0.4, 0.5) is 0 Å². The monoisotopic (exact) mass is 502 g/mol. The first-order valence-electron chi connectivity index (χ1n) is 15.2. The molecule has 36 heavy (non-hydrogen) atoms. The second kappa shape index (κ2) is 9.01. The van der Waals surface area contributed by atoms with Gasteiger partial charge in [0.15, 0.2) is 5.78 Å². The lowest BCUT2D eigenvalue weighted by Crippen LogP contribution is -2.49. The maximum atomic E-state index is 13.6. The zero-order valence-corrected chi connectivity index (χ0v) is 20.7. The van der Waals surface area contributed by atoms with Gasteiger partial charge in [-0.2, -0.15) is 5.10 Å². The molecule has 1 spiro atoms. The Labute approximate surface area is 224 Å². The molecule has 0 aliphatic heterocycles. The molecule has 0 radical (unpaired) electrons. The highest BCUT2D eigenvalue weighted by Gasteiger charge is 2.53. The zero-order chi connectivity index (χ0) is 30.1. The molecule has 2 aliphatic carbocycles. The van der Waals surface area contributed by atoms with Gasteiger partial charge in [0.05, 0.1) is 31.5 Å². The second-order valence-electron chi connectivity index (χ2n) is 10.3. The maximum absolute atomic E-state index is 13.6. The molecule has 5 heteroatoms. The summed E-state index contributed by atoms with van der Waals surface area (Å²) in [4.78, 5) is 25.3. The van der Waals surface area contributed by atoms with Gasteiger partial charge in [0.25, 0.3) is 0 Å². The quantitative estimate of drug-likeness (QED) is 0.248. The number of carbonyl (C=O) groups excluding carboxylic acids is 2. The highest BCUT2D eigenvalue weighted by atomic mass is 35.5. The third-order valence-corrected chi connectivity index (χ3v) is 8.06. The maximum Gasteiger partial charge on any atom is 0.165 e. The minimum Gasteiger partial charge on any atom is -0.300 e. The molecule has 6 rings (SSSR count). The topological polar surface area (TPSA) is 52.0 Å². The lowest BCUT2D eigenvalue weighted by atomic mass is 9.47. The fraction of sp³-hybridized carbons (Fsp3) is 0.323. The number of fused-ring (bicyclic) bond motifs is 1. The average Bonchev–Trinajstić information content (AvgIpc) is 3.36. The molecule has 0 saturated heterocycles. The normalized spacial score (nSPS) is 25.6. The van der Waals surface area contributed by atoms with Gasteiger partial charge in [-0.1, -0.05) is 66.1 Å². The molecule has 4 aromatic rings. The Kier molecular flexibility index (Phi) is 4.32. The van der Waals surface area contributed by atoms with Crippen LogP contribution >= 0.6 is 11.6 Å². The molecular weight excluding hydrogens is 468 g/mol. The lowest BCUT2D eigenvalue weighted by molar-refractivity contribution is -0.136. The third kappa shape index (κ3) is 4.18. The first-order valence-corrected chi connectivity index (χ1v) is 12.6. The molecule has 0 amide bonds. The summed E-state index contributed by atoms with van der Waals surface area (Å²) in [7, 11) is 0. The van der Waals surface area contributed by atoms with Crippen molar-refractivity contribution in [3.05, 3.63) is 89.0 Å². The number of Topliss-reactive ketones (excluding diaryl/α,β-unsaturated/α-hetero) is 2. The zero-order valence-electron chi connectivity index (χ0n) is 25.9. The Balaban J connectivity index is 1.37. The lowest BCUT2D eigenvalue weighted by Gasteiger charge is -2.57. The molecule has 0 bridgehead atoms. The fourth-order valence-corrected chi connectivity index (χ4v) is 6.13. The van der Waals surface area contributed by atoms with Gasteiger partial charge in [0.2, 0.25) is 0 Å². The highest BCUT2D eigenvalue weighted by Crippen LogP contribution is 2.62. The summed E-state index contributed by atoms with van der Waals surface area (Å²) in [5.41, 5.74) is 0.639. The van der Waals surface area contributed by atoms with Gasteiger partial charge in [-0.25, -0.2) is 0 Å². The van der Waals surface area contributed by atoms with Gasteiger partial charge in [0.1, 0.15) is 5.78 Å². The summed E-state index contributed by atoms with van der Waals surface area (Å²) in [6.45, 7) is -1.02. The Morgan fingerprint density at radius 3 is 2.47 bits per heavy atom. The van der Waals surface area contributed by atoms with Crippen LogP contribution in [0.15, 0.2) is 72.8 Å². The minimum absolute atomic E-state index is 0.0775. The summed E-state index contributed by atoms with van der Waals surface area (Å²) in [6.07, 6.45) is 5.16. The van der Waals surface area contributed by atoms with Crippen molar-refractivity contribution in [1.82, 2.24) is 9.78 Å². The van der Waals surface area contributed by atoms with Gasteiger partial charge in [0, 0.05) is 23.3 Å². The van der Waals surface area contributed by atoms with Crippen molar-refractivity contribution in [2.24, 2.45) is 17.3 Å². The van der Waals surface area contributed by atoms with Crippen molar-refractivity contribution < 1.29 is 17.8 Å². The number of rotatable bonds is 7. The van der Waals surface area contributed by atoms with Gasteiger partial charge in [-0.05, 0) is 72.8 Å². The van der Waals surface area contributed by atoms with Crippen LogP contribution in [0.5, 0.6) is 0 Å². The number of hydrogen-bond donors (Lipinski definition) is 0. The first-order chi connectivity index (χ1) is 19.8. The number of hydrogen-bond acceptors (Lipinski definition) is 3. The van der Waals surface area contributed by atoms with Crippen molar-refractivity contribution in [2.75, 3.05) is 0 Å². The molecule has 2 aliphatic rings. The van der Waals surface area contributed by atoms with Crippen molar-refractivity contribution in [3.63, 3.8) is 0 Å². The van der Waals surface area contributed by atoms with Crippen LogP contribution in [0, 0.1) is 17.3 Å². The molecule has 0 atom stereocenters. The van der Waals surface area contributed by atoms with E-state index >= 15 is 0 Å². The van der Waals surface area contributed by atoms with E-state index in [1.807, 2.05) is 0 Å². The van der Waals surface area contributed by atoms with E-state index in [4.69, 9.17) is 19.8 Å². The van der Waals surface area contributed by atoms with Crippen molar-refractivity contribution in [2.45, 2.75) is 45.5 Å². The van der Waals surface area contributed by atoms with Crippen LogP contribution in [0.3, 0.4) is 0 Å². The number of benzene rings is 3. The molecule has 0 unspecified atom stereocenters. The molecule has 1 aromatic heterocycles. The number of nitrogens with zero attached hydrogens (tertiary/aromatic N) is 2. The van der Waals surface area contributed by atoms with E-state index in [0.717, 1.165) is 30.4 Å². The van der Waals surface area contributed by atoms with Crippen molar-refractivity contribution in [3.8, 4) is 11.1 Å². The van der Waals surface area contributed by atoms with Crippen LogP contribution in [0.25, 0.3) is 22.0 Å². The Morgan fingerprint density at radius 2 is 1.78 bits per heavy atom. The number of aromatic nitrogens is 2. The Morgan fingerprint density at radius 1 is 1.06 bits per heavy atom. The van der Waals surface area contributed by atoms with Gasteiger partial charge < -0.3 is 0 Å². The number of carbonyl (C=O) groups is 2. The minimum atomic E-state index is -2.65. The van der Waals surface area contributed by atoms with E-state index in [2.05, 4.69) is 5.10 Å². The van der Waals surface area contributed by atoms with Crippen molar-refractivity contribution in [1.29, 1.82) is 0 Å². The number of ketones is 2. The molecular formula is C31H29ClN2O2. The largest absolute Gasteiger partial charge is 0.300 e. The predicted molar refractivity (Wildman–Crippen MR) is 143 cm³/mol. The molecule has 182 valence electrons. The van der Waals surface area contributed by atoms with E-state index in [1.165, 1.54) is 6.20 Å². The van der Waals surface area contributed by atoms with Crippen LogP contribution < -0.4 is 0 Å². The second-order valence-corrected chi connectivity index (χ2v) is 10.7. The molecule has 1 heterocycles. The number of halogens is 1. The summed E-state index contributed by atoms with van der Waals surface area (Å²) >= 11 is 6.44. The molecule has 3 aromatic carbocycles. The smallest absolute Gasteiger partial charge is 0.165 e. The fourth-order valence-electron chi connectivity index (χ4n) is 5.93. The van der Waals surface area contributed by atoms with Crippen LogP contribution in [0.1, 0.15) is 63.2 Å². The van der Waals surface area contributed by atoms with Crippen molar-refractivity contribution >= 4 is 34.1 Å². The summed E-state index contributed by atoms with van der Waals surface area (Å²) in [5, 5.41) is 4.87. The van der Waals surface area contributed by atoms with Crippen LogP contribution in [0.2, 0.25) is 5.02 Å². The van der Waals surface area contributed by atoms with Crippen LogP contribution in [-0.4, -0.2) is 21.3 Å². The molecule has 2 saturated carbocycles. The summed E-state index contributed by atoms with van der Waals surface area (Å²) in [6, 6.07) is 9.93. The molecule has 0 N–H and O–H groups in total. The van der Waals surface area contributed by atoms with Gasteiger partial charge >= 0.3 is 0 Å². The molecule has 2 fully saturated rings. The first kappa shape index (κ1) is 17.3. The van der Waals surface area contributed by atoms with Gasteiger partial charge in [-0.3, -0.25) is 14.3 Å². The Hall–Kier alpha value is -3.24. The SMILES string of the molecule is [2H]c1c([2H])c(C([2H])([2H])n2ncc3c(Cl)ccc(C(=O)CC4CC5(C4)CC(C(C)=O)C5)c32)c([2H])c([2H])c1-c1ccccc1. The van der Waals surface area contributed by atoms with E-state index < -0.39 is 24.1 Å². The standard InChI is InChI=1S/C31H29ClN2O2/c1-20(35)25-16-31(17-25)14-22(15-31)13-29(36)26-11-12-28(32)27-18-33-34(30(26)27)19-21-7-9-24(10-8-21)23-5-3-2-4-6-23/h2-12,18,22,25H,13-17,19H2,1H3/i7D,8D,9D,10D,19D2. The summed E-state index contributed by atoms with van der Waals surface area (Å²) < 4.78 is 53.8. The van der Waals surface area contributed by atoms with E-state index in [0.29, 0.717) is 10.9 Å². The molecule has 4 nitrogen and oxygen atoms in total. The summed E-state index contributed by atoms with van der Waals surface area (Å²) in [5.74, 6) is 0.345. The van der Waals surface area contributed by atoms with E-state index in [9.17, 15) is 9.59 Å². The third-order valence-electron chi connectivity index (χ3n) is 7.73.